The molecule has 1 atom stereocenters. The fraction of sp³-hybridized carbons (Fsp3) is 0.303. The van der Waals surface area contributed by atoms with Crippen molar-refractivity contribution in [3.05, 3.63) is 89.7 Å². The van der Waals surface area contributed by atoms with E-state index >= 15 is 0 Å². The van der Waals surface area contributed by atoms with Gasteiger partial charge >= 0.3 is 0 Å². The van der Waals surface area contributed by atoms with Gasteiger partial charge in [0.25, 0.3) is 5.91 Å². The summed E-state index contributed by atoms with van der Waals surface area (Å²) >= 11 is 0. The second-order valence-electron chi connectivity index (χ2n) is 11.1. The van der Waals surface area contributed by atoms with Crippen LogP contribution in [0.3, 0.4) is 0 Å². The molecule has 2 heterocycles. The Balaban J connectivity index is 1.43. The maximum absolute atomic E-state index is 13.5. The molecule has 4 aromatic rings. The number of hydrogen-bond donors (Lipinski definition) is 2. The van der Waals surface area contributed by atoms with Gasteiger partial charge in [-0.05, 0) is 42.8 Å². The lowest BCUT2D eigenvalue weighted by Gasteiger charge is -2.24. The number of sulfone groups is 1. The minimum atomic E-state index is -3.39. The van der Waals surface area contributed by atoms with Gasteiger partial charge in [-0.15, -0.1) is 0 Å². The lowest BCUT2D eigenvalue weighted by atomic mass is 10.1. The van der Waals surface area contributed by atoms with Gasteiger partial charge in [-0.3, -0.25) is 14.4 Å². The second kappa shape index (κ2) is 14.5. The van der Waals surface area contributed by atoms with Gasteiger partial charge in [0.1, 0.15) is 12.4 Å². The van der Waals surface area contributed by atoms with E-state index in [2.05, 4.69) is 15.7 Å². The Morgan fingerprint density at radius 2 is 1.77 bits per heavy atom. The molecule has 13 nitrogen and oxygen atoms in total. The monoisotopic (exact) mass is 660 g/mol. The summed E-state index contributed by atoms with van der Waals surface area (Å²) < 4.78 is 36.8. The van der Waals surface area contributed by atoms with Crippen LogP contribution in [-0.4, -0.2) is 85.4 Å². The largest absolute Gasteiger partial charge is 0.493 e. The molecule has 0 aliphatic carbocycles. The molecule has 0 unspecified atom stereocenters. The zero-order valence-corrected chi connectivity index (χ0v) is 27.1. The first-order valence-electron chi connectivity index (χ1n) is 15.0. The van der Waals surface area contributed by atoms with E-state index in [1.165, 1.54) is 24.1 Å². The van der Waals surface area contributed by atoms with Gasteiger partial charge in [-0.2, -0.15) is 5.10 Å². The number of nitrogens with one attached hydrogen (secondary N) is 2. The minimum Gasteiger partial charge on any atom is -0.493 e. The van der Waals surface area contributed by atoms with Gasteiger partial charge in [-0.1, -0.05) is 42.5 Å². The van der Waals surface area contributed by atoms with Crippen molar-refractivity contribution in [3.8, 4) is 22.9 Å². The number of benzene rings is 3. The number of rotatable bonds is 5. The number of carbonyl (C=O) groups is 3. The topological polar surface area (TPSA) is 162 Å². The zero-order chi connectivity index (χ0) is 33.6. The van der Waals surface area contributed by atoms with Crippen LogP contribution in [-0.2, 0) is 32.4 Å². The van der Waals surface area contributed by atoms with E-state index in [1.54, 1.807) is 41.9 Å². The number of nitrogens with zero attached hydrogens (tertiary/aromatic N) is 4. The molecule has 0 radical (unpaired) electrons. The quantitative estimate of drug-likeness (QED) is 0.328. The van der Waals surface area contributed by atoms with Crippen molar-refractivity contribution in [2.24, 2.45) is 0 Å². The van der Waals surface area contributed by atoms with Crippen molar-refractivity contribution in [2.75, 3.05) is 39.6 Å². The average Bonchev–Trinajstić information content (AvgIpc) is 3.48. The summed E-state index contributed by atoms with van der Waals surface area (Å²) in [5.41, 5.74) is 1.71. The third-order valence-electron chi connectivity index (χ3n) is 7.54. The lowest BCUT2D eigenvalue weighted by Crippen LogP contribution is -2.45. The molecule has 0 fully saturated rings. The molecule has 3 amide bonds. The third kappa shape index (κ3) is 8.33. The van der Waals surface area contributed by atoms with Gasteiger partial charge in [0.15, 0.2) is 27.2 Å². The van der Waals surface area contributed by atoms with Gasteiger partial charge in [0, 0.05) is 30.5 Å². The van der Waals surface area contributed by atoms with Crippen LogP contribution in [0.4, 0.5) is 0 Å². The smallest absolute Gasteiger partial charge is 0.251 e. The first-order chi connectivity index (χ1) is 22.5. The fourth-order valence-electron chi connectivity index (χ4n) is 5.09. The predicted octanol–water partition coefficient (Wildman–Crippen LogP) is 2.43. The zero-order valence-electron chi connectivity index (χ0n) is 26.3. The molecule has 2 bridgehead atoms. The molecule has 0 spiro atoms. The van der Waals surface area contributed by atoms with Gasteiger partial charge in [0.2, 0.25) is 11.8 Å². The summed E-state index contributed by atoms with van der Waals surface area (Å²) in [6, 6.07) is 19.7. The summed E-state index contributed by atoms with van der Waals surface area (Å²) in [5.74, 6) is 0.589. The summed E-state index contributed by atoms with van der Waals surface area (Å²) in [6.07, 6.45) is 1.03. The Bertz CT molecular complexity index is 1860. The molecule has 5 rings (SSSR count). The number of amides is 3. The van der Waals surface area contributed by atoms with Crippen LogP contribution in [0.15, 0.2) is 77.7 Å². The molecule has 47 heavy (non-hydrogen) atoms. The molecule has 3 aromatic carbocycles. The Morgan fingerprint density at radius 3 is 2.47 bits per heavy atom. The van der Waals surface area contributed by atoms with Crippen LogP contribution >= 0.6 is 0 Å². The van der Waals surface area contributed by atoms with Crippen molar-refractivity contribution in [2.45, 2.75) is 30.8 Å². The average molecular weight is 661 g/mol. The number of hydrogen-bond acceptors (Lipinski definition) is 9. The van der Waals surface area contributed by atoms with E-state index in [-0.39, 0.29) is 50.0 Å². The molecular formula is C33H36N6O7S. The standard InChI is InChI=1S/C33H36N6O7S/c1-22-32-36-31(24-7-5-4-6-8-24)37-39(32)17-18-46-28-20-25(11-14-27(28)45-2)33(42)34-15-16-38(21-29(40)35-22)30(41)19-23-9-12-26(13-10-23)47(3,43)44/h4-14,20,22H,15-19,21H2,1-3H3,(H,34,42)(H,35,40)/t22-/m1/s1. The minimum absolute atomic E-state index is 0.0433. The Labute approximate surface area is 272 Å². The molecule has 0 saturated heterocycles. The second-order valence-corrected chi connectivity index (χ2v) is 13.1. The molecule has 0 saturated carbocycles. The van der Waals surface area contributed by atoms with E-state index in [9.17, 15) is 22.8 Å². The van der Waals surface area contributed by atoms with E-state index < -0.39 is 27.7 Å². The number of aromatic nitrogens is 3. The lowest BCUT2D eigenvalue weighted by molar-refractivity contribution is -0.135. The summed E-state index contributed by atoms with van der Waals surface area (Å²) in [4.78, 5) is 46.1. The highest BCUT2D eigenvalue weighted by molar-refractivity contribution is 7.90. The molecule has 14 heteroatoms. The summed E-state index contributed by atoms with van der Waals surface area (Å²) in [6.45, 7) is 2.05. The van der Waals surface area contributed by atoms with Crippen LogP contribution in [0, 0.1) is 0 Å². The molecular weight excluding hydrogens is 624 g/mol. The third-order valence-corrected chi connectivity index (χ3v) is 8.67. The first-order valence-corrected chi connectivity index (χ1v) is 16.9. The summed E-state index contributed by atoms with van der Waals surface area (Å²) in [7, 11) is -1.89. The van der Waals surface area contributed by atoms with Crippen molar-refractivity contribution in [1.82, 2.24) is 30.3 Å². The van der Waals surface area contributed by atoms with Crippen molar-refractivity contribution in [1.29, 1.82) is 0 Å². The van der Waals surface area contributed by atoms with Crippen molar-refractivity contribution >= 4 is 27.6 Å². The number of carbonyl (C=O) groups excluding carboxylic acids is 3. The van der Waals surface area contributed by atoms with Crippen molar-refractivity contribution in [3.63, 3.8) is 0 Å². The van der Waals surface area contributed by atoms with E-state index in [4.69, 9.17) is 14.5 Å². The van der Waals surface area contributed by atoms with Crippen LogP contribution in [0.25, 0.3) is 11.4 Å². The molecule has 2 N–H and O–H groups in total. The van der Waals surface area contributed by atoms with Crippen LogP contribution in [0.1, 0.15) is 34.7 Å². The summed E-state index contributed by atoms with van der Waals surface area (Å²) in [5, 5.41) is 10.4. The maximum Gasteiger partial charge on any atom is 0.251 e. The number of methoxy groups -OCH3 is 1. The Hall–Kier alpha value is -5.24. The normalized spacial score (nSPS) is 16.2. The first kappa shape index (κ1) is 33.1. The van der Waals surface area contributed by atoms with E-state index in [0.29, 0.717) is 34.3 Å². The van der Waals surface area contributed by atoms with Gasteiger partial charge in [-0.25, -0.2) is 18.1 Å². The molecule has 246 valence electrons. The van der Waals surface area contributed by atoms with Gasteiger partial charge in [0.05, 0.1) is 37.6 Å². The molecule has 1 aromatic heterocycles. The van der Waals surface area contributed by atoms with Crippen LogP contribution in [0.2, 0.25) is 0 Å². The maximum atomic E-state index is 13.5. The highest BCUT2D eigenvalue weighted by Gasteiger charge is 2.23. The van der Waals surface area contributed by atoms with Crippen LogP contribution < -0.4 is 20.1 Å². The Kier molecular flexibility index (Phi) is 10.2. The van der Waals surface area contributed by atoms with Crippen molar-refractivity contribution < 1.29 is 32.3 Å². The highest BCUT2D eigenvalue weighted by Crippen LogP contribution is 2.28. The SMILES string of the molecule is COc1ccc2cc1OCCn1nc(-c3ccccc3)nc1[C@@H](C)NC(=O)CN(C(=O)Cc1ccc(S(C)(=O)=O)cc1)CCNC2=O. The molecule has 1 aliphatic rings. The fourth-order valence-corrected chi connectivity index (χ4v) is 5.72. The Morgan fingerprint density at radius 1 is 1.02 bits per heavy atom. The van der Waals surface area contributed by atoms with E-state index in [0.717, 1.165) is 11.8 Å². The van der Waals surface area contributed by atoms with Gasteiger partial charge < -0.3 is 25.0 Å². The number of ether oxygens (including phenoxy) is 2. The van der Waals surface area contributed by atoms with E-state index in [1.807, 2.05) is 30.3 Å². The molecule has 1 aliphatic heterocycles. The number of fused-ring (bicyclic) bond motifs is 3. The highest BCUT2D eigenvalue weighted by atomic mass is 32.2. The van der Waals surface area contributed by atoms with Crippen LogP contribution in [0.5, 0.6) is 11.5 Å². The predicted molar refractivity (Wildman–Crippen MR) is 173 cm³/mol.